The van der Waals surface area contributed by atoms with Crippen LogP contribution in [-0.4, -0.2) is 15.0 Å². The first kappa shape index (κ1) is 11.6. The maximum atomic E-state index is 5.45. The molecule has 0 aliphatic rings. The van der Waals surface area contributed by atoms with E-state index < -0.39 is 0 Å². The van der Waals surface area contributed by atoms with Crippen molar-refractivity contribution in [2.24, 2.45) is 0 Å². The molecule has 2 aromatic rings. The van der Waals surface area contributed by atoms with Gasteiger partial charge in [-0.1, -0.05) is 0 Å². The molecule has 5 nitrogen and oxygen atoms in total. The number of hydrogen-bond donors (Lipinski definition) is 1. The Hall–Kier alpha value is -1.91. The van der Waals surface area contributed by atoms with Crippen molar-refractivity contribution >= 4 is 5.95 Å². The van der Waals surface area contributed by atoms with Crippen molar-refractivity contribution in [3.63, 3.8) is 0 Å². The van der Waals surface area contributed by atoms with Gasteiger partial charge >= 0.3 is 0 Å². The maximum Gasteiger partial charge on any atom is 0.223 e. The Bertz CT molecular complexity index is 501. The van der Waals surface area contributed by atoms with Crippen LogP contribution in [0.3, 0.4) is 0 Å². The van der Waals surface area contributed by atoms with Crippen LogP contribution in [0.5, 0.6) is 0 Å². The molecule has 1 unspecified atom stereocenters. The topological polar surface area (TPSA) is 63.8 Å². The normalized spacial score (nSPS) is 12.5. The number of hydrogen-bond acceptors (Lipinski definition) is 5. The molecule has 0 aromatic carbocycles. The van der Waals surface area contributed by atoms with E-state index in [1.807, 2.05) is 33.8 Å². The van der Waals surface area contributed by atoms with Gasteiger partial charge in [-0.05, 0) is 33.8 Å². The van der Waals surface area contributed by atoms with Gasteiger partial charge in [0.2, 0.25) is 11.8 Å². The Morgan fingerprint density at radius 2 is 1.82 bits per heavy atom. The van der Waals surface area contributed by atoms with Gasteiger partial charge in [0.15, 0.2) is 0 Å². The molecule has 17 heavy (non-hydrogen) atoms. The van der Waals surface area contributed by atoms with Crippen LogP contribution in [0.15, 0.2) is 16.7 Å². The Morgan fingerprint density at radius 3 is 2.35 bits per heavy atom. The van der Waals surface area contributed by atoms with Gasteiger partial charge in [-0.25, -0.2) is 15.0 Å². The van der Waals surface area contributed by atoms with E-state index >= 15 is 0 Å². The Labute approximate surface area is 100 Å². The van der Waals surface area contributed by atoms with Crippen molar-refractivity contribution in [1.82, 2.24) is 15.0 Å². The van der Waals surface area contributed by atoms with Crippen molar-refractivity contribution in [3.05, 3.63) is 35.3 Å². The van der Waals surface area contributed by atoms with Gasteiger partial charge < -0.3 is 9.73 Å². The zero-order valence-corrected chi connectivity index (χ0v) is 10.5. The molecule has 1 atom stereocenters. The van der Waals surface area contributed by atoms with Crippen LogP contribution in [0.4, 0.5) is 5.95 Å². The molecular formula is C12H16N4O. The molecule has 0 aliphatic carbocycles. The highest BCUT2D eigenvalue weighted by atomic mass is 16.4. The standard InChI is InChI=1S/C12H16N4O/c1-7-5-8(2)15-12(14-7)16-10(4)11-13-6-9(3)17-11/h5-6,10H,1-4H3,(H,14,15,16). The zero-order chi connectivity index (χ0) is 12.4. The number of nitrogens with one attached hydrogen (secondary N) is 1. The van der Waals surface area contributed by atoms with Crippen LogP contribution < -0.4 is 5.32 Å². The van der Waals surface area contributed by atoms with E-state index in [1.165, 1.54) is 0 Å². The minimum Gasteiger partial charge on any atom is -0.444 e. The smallest absolute Gasteiger partial charge is 0.223 e. The molecule has 5 heteroatoms. The predicted molar refractivity (Wildman–Crippen MR) is 64.8 cm³/mol. The lowest BCUT2D eigenvalue weighted by Crippen LogP contribution is -2.10. The summed E-state index contributed by atoms with van der Waals surface area (Å²) in [6.07, 6.45) is 1.70. The number of nitrogens with zero attached hydrogens (tertiary/aromatic N) is 3. The van der Waals surface area contributed by atoms with Crippen molar-refractivity contribution in [2.75, 3.05) is 5.32 Å². The number of aromatic nitrogens is 3. The predicted octanol–water partition coefficient (Wildman–Crippen LogP) is 2.56. The fourth-order valence-electron chi connectivity index (χ4n) is 1.62. The number of rotatable bonds is 3. The van der Waals surface area contributed by atoms with E-state index in [0.29, 0.717) is 11.8 Å². The number of oxazole rings is 1. The van der Waals surface area contributed by atoms with Crippen LogP contribution in [0.25, 0.3) is 0 Å². The van der Waals surface area contributed by atoms with Gasteiger partial charge in [0, 0.05) is 11.4 Å². The lowest BCUT2D eigenvalue weighted by molar-refractivity contribution is 0.453. The van der Waals surface area contributed by atoms with Gasteiger partial charge in [0.05, 0.1) is 6.20 Å². The molecule has 0 fully saturated rings. The maximum absolute atomic E-state index is 5.45. The first-order valence-corrected chi connectivity index (χ1v) is 5.56. The highest BCUT2D eigenvalue weighted by Gasteiger charge is 2.12. The molecule has 0 aliphatic heterocycles. The molecule has 2 aromatic heterocycles. The SMILES string of the molecule is Cc1cc(C)nc(NC(C)c2ncc(C)o2)n1. The first-order chi connectivity index (χ1) is 8.04. The van der Waals surface area contributed by atoms with Crippen LogP contribution in [0, 0.1) is 20.8 Å². The van der Waals surface area contributed by atoms with E-state index in [2.05, 4.69) is 20.3 Å². The summed E-state index contributed by atoms with van der Waals surface area (Å²) in [6.45, 7) is 7.72. The second-order valence-electron chi connectivity index (χ2n) is 4.15. The summed E-state index contributed by atoms with van der Waals surface area (Å²) in [7, 11) is 0. The van der Waals surface area contributed by atoms with E-state index in [0.717, 1.165) is 17.1 Å². The molecule has 0 bridgehead atoms. The van der Waals surface area contributed by atoms with Crippen molar-refractivity contribution < 1.29 is 4.42 Å². The molecular weight excluding hydrogens is 216 g/mol. The Morgan fingerprint density at radius 1 is 1.18 bits per heavy atom. The van der Waals surface area contributed by atoms with Gasteiger partial charge in [-0.2, -0.15) is 0 Å². The quantitative estimate of drug-likeness (QED) is 0.881. The molecule has 0 saturated heterocycles. The van der Waals surface area contributed by atoms with E-state index in [9.17, 15) is 0 Å². The van der Waals surface area contributed by atoms with Gasteiger partial charge in [-0.15, -0.1) is 0 Å². The number of aryl methyl sites for hydroxylation is 3. The highest BCUT2D eigenvalue weighted by Crippen LogP contribution is 2.16. The summed E-state index contributed by atoms with van der Waals surface area (Å²) in [5.74, 6) is 2.05. The minimum absolute atomic E-state index is 0.0510. The lowest BCUT2D eigenvalue weighted by Gasteiger charge is -2.11. The molecule has 2 rings (SSSR count). The number of anilines is 1. The van der Waals surface area contributed by atoms with Crippen LogP contribution in [0.2, 0.25) is 0 Å². The van der Waals surface area contributed by atoms with Crippen molar-refractivity contribution in [1.29, 1.82) is 0 Å². The third-order valence-electron chi connectivity index (χ3n) is 2.34. The first-order valence-electron chi connectivity index (χ1n) is 5.56. The van der Waals surface area contributed by atoms with Crippen LogP contribution in [-0.2, 0) is 0 Å². The molecule has 90 valence electrons. The molecule has 0 spiro atoms. The van der Waals surface area contributed by atoms with Crippen molar-refractivity contribution in [3.8, 4) is 0 Å². The highest BCUT2D eigenvalue weighted by molar-refractivity contribution is 5.29. The van der Waals surface area contributed by atoms with Gasteiger partial charge in [0.25, 0.3) is 0 Å². The fourth-order valence-corrected chi connectivity index (χ4v) is 1.62. The van der Waals surface area contributed by atoms with Gasteiger partial charge in [-0.3, -0.25) is 0 Å². The summed E-state index contributed by atoms with van der Waals surface area (Å²) in [6, 6.07) is 1.88. The summed E-state index contributed by atoms with van der Waals surface area (Å²) in [5.41, 5.74) is 1.88. The monoisotopic (exact) mass is 232 g/mol. The molecule has 0 saturated carbocycles. The zero-order valence-electron chi connectivity index (χ0n) is 10.5. The largest absolute Gasteiger partial charge is 0.444 e. The second kappa shape index (κ2) is 4.53. The van der Waals surface area contributed by atoms with Gasteiger partial charge in [0.1, 0.15) is 11.8 Å². The average molecular weight is 232 g/mol. The third-order valence-corrected chi connectivity index (χ3v) is 2.34. The third kappa shape index (κ3) is 2.81. The minimum atomic E-state index is -0.0510. The van der Waals surface area contributed by atoms with Crippen LogP contribution >= 0.6 is 0 Å². The fraction of sp³-hybridized carbons (Fsp3) is 0.417. The van der Waals surface area contributed by atoms with Crippen LogP contribution in [0.1, 0.15) is 36.0 Å². The van der Waals surface area contributed by atoms with E-state index in [-0.39, 0.29) is 6.04 Å². The average Bonchev–Trinajstić information content (AvgIpc) is 2.63. The van der Waals surface area contributed by atoms with E-state index in [4.69, 9.17) is 4.42 Å². The Kier molecular flexibility index (Phi) is 3.08. The second-order valence-corrected chi connectivity index (χ2v) is 4.15. The summed E-state index contributed by atoms with van der Waals surface area (Å²) in [4.78, 5) is 12.8. The van der Waals surface area contributed by atoms with Crippen molar-refractivity contribution in [2.45, 2.75) is 33.7 Å². The molecule has 0 radical (unpaired) electrons. The summed E-state index contributed by atoms with van der Waals surface area (Å²) in [5, 5.41) is 3.17. The van der Waals surface area contributed by atoms with E-state index in [1.54, 1.807) is 6.20 Å². The molecule has 1 N–H and O–H groups in total. The lowest BCUT2D eigenvalue weighted by atomic mass is 10.3. The molecule has 2 heterocycles. The summed E-state index contributed by atoms with van der Waals surface area (Å²) >= 11 is 0. The molecule has 0 amide bonds. The summed E-state index contributed by atoms with van der Waals surface area (Å²) < 4.78 is 5.45. The Balaban J connectivity index is 2.15.